The zero-order chi connectivity index (χ0) is 15.7. The monoisotopic (exact) mass is 291 g/mol. The lowest BCUT2D eigenvalue weighted by atomic mass is 10.1. The molecule has 1 aromatic rings. The molecule has 0 bridgehead atoms. The highest BCUT2D eigenvalue weighted by Gasteiger charge is 2.11. The molecule has 0 fully saturated rings. The number of rotatable bonds is 6. The molecule has 21 heavy (non-hydrogen) atoms. The maximum atomic E-state index is 13.8. The number of carbonyl (C=O) groups excluding carboxylic acids is 1. The van der Waals surface area contributed by atoms with Crippen LogP contribution >= 0.6 is 0 Å². The number of carbonyl (C=O) groups is 1. The second kappa shape index (κ2) is 9.15. The van der Waals surface area contributed by atoms with Crippen LogP contribution in [0.1, 0.15) is 49.0 Å². The second-order valence-electron chi connectivity index (χ2n) is 5.30. The number of hydrogen-bond donors (Lipinski definition) is 2. The summed E-state index contributed by atoms with van der Waals surface area (Å²) in [5.74, 6) is 4.69. The predicted octanol–water partition coefficient (Wildman–Crippen LogP) is 2.73. The van der Waals surface area contributed by atoms with Crippen LogP contribution in [0.2, 0.25) is 0 Å². The van der Waals surface area contributed by atoms with Gasteiger partial charge in [-0.3, -0.25) is 4.79 Å². The van der Waals surface area contributed by atoms with E-state index in [9.17, 15) is 9.18 Å². The molecule has 114 valence electrons. The fraction of sp³-hybridized carbons (Fsp3) is 0.471. The van der Waals surface area contributed by atoms with Crippen LogP contribution in [0.3, 0.4) is 0 Å². The number of halogens is 1. The third-order valence-electron chi connectivity index (χ3n) is 3.02. The van der Waals surface area contributed by atoms with Gasteiger partial charge < -0.3 is 10.4 Å². The number of aliphatic hydroxyl groups is 1. The number of unbranched alkanes of at least 4 members (excludes halogenated alkanes) is 1. The minimum absolute atomic E-state index is 0.0217. The summed E-state index contributed by atoms with van der Waals surface area (Å²) >= 11 is 0. The van der Waals surface area contributed by atoms with Crippen molar-refractivity contribution in [3.8, 4) is 11.8 Å². The number of hydrogen-bond acceptors (Lipinski definition) is 2. The lowest BCUT2D eigenvalue weighted by Gasteiger charge is -2.07. The molecule has 0 aliphatic carbocycles. The minimum Gasteiger partial charge on any atom is -0.384 e. The van der Waals surface area contributed by atoms with Crippen LogP contribution < -0.4 is 5.32 Å². The van der Waals surface area contributed by atoms with Gasteiger partial charge in [-0.15, -0.1) is 0 Å². The van der Waals surface area contributed by atoms with Crippen molar-refractivity contribution < 1.29 is 14.3 Å². The molecule has 0 atom stereocenters. The summed E-state index contributed by atoms with van der Waals surface area (Å²) in [5.41, 5.74) is 0.462. The fourth-order valence-corrected chi connectivity index (χ4v) is 1.89. The van der Waals surface area contributed by atoms with Gasteiger partial charge in [0.1, 0.15) is 12.4 Å². The topological polar surface area (TPSA) is 49.3 Å². The highest BCUT2D eigenvalue weighted by Crippen LogP contribution is 2.10. The van der Waals surface area contributed by atoms with E-state index >= 15 is 0 Å². The molecule has 0 unspecified atom stereocenters. The first-order valence-electron chi connectivity index (χ1n) is 7.22. The molecule has 0 saturated heterocycles. The van der Waals surface area contributed by atoms with E-state index in [-0.39, 0.29) is 12.2 Å². The van der Waals surface area contributed by atoms with Gasteiger partial charge in [0, 0.05) is 12.1 Å². The Labute approximate surface area is 125 Å². The molecule has 1 rings (SSSR count). The molecule has 3 nitrogen and oxygen atoms in total. The van der Waals surface area contributed by atoms with Crippen LogP contribution in [-0.4, -0.2) is 24.2 Å². The zero-order valence-corrected chi connectivity index (χ0v) is 12.6. The highest BCUT2D eigenvalue weighted by atomic mass is 19.1. The first kappa shape index (κ1) is 17.2. The molecule has 0 aliphatic heterocycles. The van der Waals surface area contributed by atoms with Gasteiger partial charge >= 0.3 is 0 Å². The Balaban J connectivity index is 2.51. The standard InChI is InChI=1S/C17H22FNO2/c1-13(2)6-3-4-10-19-17(21)15-9-8-14(7-5-11-20)12-16(15)18/h8-9,12-13,20H,3-4,6,10-11H2,1-2H3,(H,19,21). The molecule has 0 radical (unpaired) electrons. The summed E-state index contributed by atoms with van der Waals surface area (Å²) in [6.45, 7) is 4.60. The van der Waals surface area contributed by atoms with Gasteiger partial charge in [0.25, 0.3) is 5.91 Å². The molecule has 4 heteroatoms. The lowest BCUT2D eigenvalue weighted by Crippen LogP contribution is -2.25. The Morgan fingerprint density at radius 2 is 2.14 bits per heavy atom. The third kappa shape index (κ3) is 6.42. The number of nitrogens with one attached hydrogen (secondary N) is 1. The summed E-state index contributed by atoms with van der Waals surface area (Å²) in [6.07, 6.45) is 3.07. The van der Waals surface area contributed by atoms with Gasteiger partial charge in [0.05, 0.1) is 5.56 Å². The van der Waals surface area contributed by atoms with Gasteiger partial charge in [-0.1, -0.05) is 38.5 Å². The van der Waals surface area contributed by atoms with E-state index < -0.39 is 11.7 Å². The molecule has 1 amide bonds. The van der Waals surface area contributed by atoms with Crippen molar-refractivity contribution in [1.29, 1.82) is 0 Å². The van der Waals surface area contributed by atoms with Crippen molar-refractivity contribution in [2.75, 3.05) is 13.2 Å². The fourth-order valence-electron chi connectivity index (χ4n) is 1.89. The quantitative estimate of drug-likeness (QED) is 0.625. The van der Waals surface area contributed by atoms with Crippen molar-refractivity contribution >= 4 is 5.91 Å². The van der Waals surface area contributed by atoms with Crippen LogP contribution in [0.25, 0.3) is 0 Å². The van der Waals surface area contributed by atoms with Crippen LogP contribution in [-0.2, 0) is 0 Å². The summed E-state index contributed by atoms with van der Waals surface area (Å²) in [5, 5.41) is 11.3. The van der Waals surface area contributed by atoms with Gasteiger partial charge in [-0.05, 0) is 30.5 Å². The van der Waals surface area contributed by atoms with Crippen LogP contribution in [0.5, 0.6) is 0 Å². The Morgan fingerprint density at radius 3 is 2.76 bits per heavy atom. The van der Waals surface area contributed by atoms with E-state index in [2.05, 4.69) is 31.0 Å². The maximum absolute atomic E-state index is 13.8. The molecule has 0 aliphatic rings. The molecule has 0 spiro atoms. The molecule has 0 heterocycles. The van der Waals surface area contributed by atoms with Gasteiger partial charge in [-0.25, -0.2) is 4.39 Å². The molecule has 1 aromatic carbocycles. The second-order valence-corrected chi connectivity index (χ2v) is 5.30. The van der Waals surface area contributed by atoms with E-state index in [1.54, 1.807) is 6.07 Å². The minimum atomic E-state index is -0.598. The number of aliphatic hydroxyl groups excluding tert-OH is 1. The van der Waals surface area contributed by atoms with Crippen LogP contribution in [0.4, 0.5) is 4.39 Å². The van der Waals surface area contributed by atoms with Gasteiger partial charge in [0.15, 0.2) is 0 Å². The Bertz CT molecular complexity index is 529. The van der Waals surface area contributed by atoms with E-state index in [0.717, 1.165) is 19.3 Å². The van der Waals surface area contributed by atoms with Crippen molar-refractivity contribution in [1.82, 2.24) is 5.32 Å². The van der Waals surface area contributed by atoms with Crippen molar-refractivity contribution in [3.05, 3.63) is 35.1 Å². The summed E-state index contributed by atoms with van der Waals surface area (Å²) in [6, 6.07) is 4.19. The predicted molar refractivity (Wildman–Crippen MR) is 81.4 cm³/mol. The van der Waals surface area contributed by atoms with Crippen LogP contribution in [0, 0.1) is 23.6 Å². The molecular weight excluding hydrogens is 269 g/mol. The lowest BCUT2D eigenvalue weighted by molar-refractivity contribution is 0.0949. The normalized spacial score (nSPS) is 10.1. The van der Waals surface area contributed by atoms with Crippen molar-refractivity contribution in [2.24, 2.45) is 5.92 Å². The van der Waals surface area contributed by atoms with E-state index in [4.69, 9.17) is 5.11 Å². The van der Waals surface area contributed by atoms with E-state index in [1.165, 1.54) is 12.1 Å². The molecule has 0 aromatic heterocycles. The number of amides is 1. The SMILES string of the molecule is CC(C)CCCCNC(=O)c1ccc(C#CCO)cc1F. The molecule has 0 saturated carbocycles. The highest BCUT2D eigenvalue weighted by molar-refractivity contribution is 5.94. The first-order valence-corrected chi connectivity index (χ1v) is 7.22. The smallest absolute Gasteiger partial charge is 0.254 e. The molecular formula is C17H22FNO2. The zero-order valence-electron chi connectivity index (χ0n) is 12.6. The Kier molecular flexibility index (Phi) is 7.49. The largest absolute Gasteiger partial charge is 0.384 e. The third-order valence-corrected chi connectivity index (χ3v) is 3.02. The van der Waals surface area contributed by atoms with Crippen molar-refractivity contribution in [2.45, 2.75) is 33.1 Å². The van der Waals surface area contributed by atoms with E-state index in [0.29, 0.717) is 18.0 Å². The van der Waals surface area contributed by atoms with E-state index in [1.807, 2.05) is 0 Å². The summed E-state index contributed by atoms with van der Waals surface area (Å²) in [7, 11) is 0. The average Bonchev–Trinajstić information content (AvgIpc) is 2.44. The number of benzene rings is 1. The Morgan fingerprint density at radius 1 is 1.38 bits per heavy atom. The molecule has 2 N–H and O–H groups in total. The van der Waals surface area contributed by atoms with Gasteiger partial charge in [-0.2, -0.15) is 0 Å². The Hall–Kier alpha value is -1.86. The maximum Gasteiger partial charge on any atom is 0.254 e. The van der Waals surface area contributed by atoms with Crippen LogP contribution in [0.15, 0.2) is 18.2 Å². The van der Waals surface area contributed by atoms with Crippen molar-refractivity contribution in [3.63, 3.8) is 0 Å². The first-order chi connectivity index (χ1) is 10.0. The summed E-state index contributed by atoms with van der Waals surface area (Å²) < 4.78 is 13.8. The van der Waals surface area contributed by atoms with Gasteiger partial charge in [0.2, 0.25) is 0 Å². The summed E-state index contributed by atoms with van der Waals surface area (Å²) in [4.78, 5) is 11.9. The average molecular weight is 291 g/mol.